The zero-order chi connectivity index (χ0) is 17.0. The molecule has 0 fully saturated rings. The molecule has 0 aliphatic carbocycles. The Morgan fingerprint density at radius 2 is 1.70 bits per heavy atom. The highest BCUT2D eigenvalue weighted by Crippen LogP contribution is 2.23. The van der Waals surface area contributed by atoms with Gasteiger partial charge in [-0.05, 0) is 36.4 Å². The minimum atomic E-state index is -0.434. The molecule has 5 nitrogen and oxygen atoms in total. The van der Waals surface area contributed by atoms with E-state index in [1.807, 2.05) is 0 Å². The molecule has 0 aliphatic rings. The first-order chi connectivity index (χ1) is 10.9. The highest BCUT2D eigenvalue weighted by Gasteiger charge is 2.13. The van der Waals surface area contributed by atoms with Gasteiger partial charge in [0, 0.05) is 21.8 Å². The van der Waals surface area contributed by atoms with E-state index in [0.717, 1.165) is 0 Å². The van der Waals surface area contributed by atoms with E-state index in [0.29, 0.717) is 15.8 Å². The van der Waals surface area contributed by atoms with Crippen molar-refractivity contribution in [3.05, 3.63) is 52.5 Å². The van der Waals surface area contributed by atoms with Crippen LogP contribution in [0.4, 0.5) is 11.4 Å². The molecule has 0 bridgehead atoms. The predicted octanol–water partition coefficient (Wildman–Crippen LogP) is 4.00. The molecule has 0 atom stereocenters. The zero-order valence-electron chi connectivity index (χ0n) is 12.8. The van der Waals surface area contributed by atoms with Gasteiger partial charge in [0.15, 0.2) is 0 Å². The highest BCUT2D eigenvalue weighted by molar-refractivity contribution is 9.10. The Balaban J connectivity index is 2.15. The van der Waals surface area contributed by atoms with Crippen LogP contribution in [0.1, 0.15) is 24.2 Å². The average molecular weight is 377 g/mol. The average Bonchev–Trinajstić information content (AvgIpc) is 2.49. The normalized spacial score (nSPS) is 10.4. The van der Waals surface area contributed by atoms with Crippen molar-refractivity contribution in [1.82, 2.24) is 0 Å². The van der Waals surface area contributed by atoms with Crippen molar-refractivity contribution in [1.29, 1.82) is 0 Å². The molecule has 3 N–H and O–H groups in total. The molecule has 0 saturated heterocycles. The van der Waals surface area contributed by atoms with Gasteiger partial charge in [-0.15, -0.1) is 0 Å². The molecule has 0 saturated carbocycles. The number of anilines is 2. The number of hydrogen-bond donors (Lipinski definition) is 3. The van der Waals surface area contributed by atoms with Crippen LogP contribution in [-0.4, -0.2) is 16.9 Å². The van der Waals surface area contributed by atoms with Crippen LogP contribution in [0, 0.1) is 5.92 Å². The first-order valence-electron chi connectivity index (χ1n) is 7.07. The summed E-state index contributed by atoms with van der Waals surface area (Å²) in [4.78, 5) is 24.0. The molecule has 0 spiro atoms. The topological polar surface area (TPSA) is 78.4 Å². The Morgan fingerprint density at radius 3 is 2.35 bits per heavy atom. The molecule has 23 heavy (non-hydrogen) atoms. The smallest absolute Gasteiger partial charge is 0.259 e. The molecular formula is C17H17BrN2O3. The Hall–Kier alpha value is -2.34. The van der Waals surface area contributed by atoms with Crippen molar-refractivity contribution < 1.29 is 14.7 Å². The van der Waals surface area contributed by atoms with E-state index in [4.69, 9.17) is 0 Å². The summed E-state index contributed by atoms with van der Waals surface area (Å²) in [5.41, 5.74) is 1.28. The molecule has 2 amide bonds. The summed E-state index contributed by atoms with van der Waals surface area (Å²) in [6, 6.07) is 11.5. The summed E-state index contributed by atoms with van der Waals surface area (Å²) in [6.07, 6.45) is 0. The minimum absolute atomic E-state index is 0.0990. The Morgan fingerprint density at radius 1 is 1.04 bits per heavy atom. The second-order valence-electron chi connectivity index (χ2n) is 5.34. The van der Waals surface area contributed by atoms with Crippen molar-refractivity contribution in [2.24, 2.45) is 5.92 Å². The first-order valence-corrected chi connectivity index (χ1v) is 7.87. The summed E-state index contributed by atoms with van der Waals surface area (Å²) in [5, 5.41) is 15.2. The van der Waals surface area contributed by atoms with Gasteiger partial charge in [-0.1, -0.05) is 35.8 Å². The molecule has 6 heteroatoms. The van der Waals surface area contributed by atoms with E-state index in [1.54, 1.807) is 44.2 Å². The van der Waals surface area contributed by atoms with E-state index < -0.39 is 5.91 Å². The van der Waals surface area contributed by atoms with Crippen LogP contribution in [0.25, 0.3) is 0 Å². The van der Waals surface area contributed by atoms with Crippen molar-refractivity contribution in [2.75, 3.05) is 10.6 Å². The third-order valence-electron chi connectivity index (χ3n) is 3.12. The Kier molecular flexibility index (Phi) is 5.39. The van der Waals surface area contributed by atoms with Crippen molar-refractivity contribution in [3.63, 3.8) is 0 Å². The number of halogens is 1. The Labute approximate surface area is 142 Å². The van der Waals surface area contributed by atoms with Crippen LogP contribution in [0.15, 0.2) is 46.9 Å². The van der Waals surface area contributed by atoms with Gasteiger partial charge in [0.25, 0.3) is 5.91 Å². The van der Waals surface area contributed by atoms with Gasteiger partial charge < -0.3 is 15.7 Å². The zero-order valence-corrected chi connectivity index (χ0v) is 14.3. The number of nitrogens with one attached hydrogen (secondary N) is 2. The number of phenols is 1. The lowest BCUT2D eigenvalue weighted by atomic mass is 10.1. The standard InChI is InChI=1S/C17H17BrN2O3/c1-10(2)16(22)19-12-4-3-5-13(9-12)20-17(23)14-8-11(18)6-7-15(14)21/h3-10,21H,1-2H3,(H,19,22)(H,20,23). The minimum Gasteiger partial charge on any atom is -0.507 e. The summed E-state index contributed by atoms with van der Waals surface area (Å²) in [7, 11) is 0. The Bertz CT molecular complexity index is 744. The number of carbonyl (C=O) groups excluding carboxylic acids is 2. The largest absolute Gasteiger partial charge is 0.507 e. The van der Waals surface area contributed by atoms with E-state index in [9.17, 15) is 14.7 Å². The lowest BCUT2D eigenvalue weighted by Gasteiger charge is -2.11. The number of carbonyl (C=O) groups is 2. The van der Waals surface area contributed by atoms with Gasteiger partial charge in [-0.3, -0.25) is 9.59 Å². The highest BCUT2D eigenvalue weighted by atomic mass is 79.9. The maximum Gasteiger partial charge on any atom is 0.259 e. The van der Waals surface area contributed by atoms with Crippen LogP contribution in [0.5, 0.6) is 5.75 Å². The van der Waals surface area contributed by atoms with Crippen molar-refractivity contribution in [3.8, 4) is 5.75 Å². The number of benzene rings is 2. The molecule has 120 valence electrons. The molecule has 2 aromatic rings. The fourth-order valence-electron chi connectivity index (χ4n) is 1.85. The van der Waals surface area contributed by atoms with Gasteiger partial charge in [0.1, 0.15) is 5.75 Å². The van der Waals surface area contributed by atoms with E-state index >= 15 is 0 Å². The van der Waals surface area contributed by atoms with Crippen molar-refractivity contribution in [2.45, 2.75) is 13.8 Å². The maximum absolute atomic E-state index is 12.2. The van der Waals surface area contributed by atoms with E-state index in [-0.39, 0.29) is 23.1 Å². The molecule has 0 radical (unpaired) electrons. The predicted molar refractivity (Wildman–Crippen MR) is 93.7 cm³/mol. The number of rotatable bonds is 4. The van der Waals surface area contributed by atoms with Crippen LogP contribution < -0.4 is 10.6 Å². The second kappa shape index (κ2) is 7.28. The number of hydrogen-bond acceptors (Lipinski definition) is 3. The second-order valence-corrected chi connectivity index (χ2v) is 6.26. The fourth-order valence-corrected chi connectivity index (χ4v) is 2.21. The lowest BCUT2D eigenvalue weighted by Crippen LogP contribution is -2.18. The van der Waals surface area contributed by atoms with E-state index in [2.05, 4.69) is 26.6 Å². The molecular weight excluding hydrogens is 360 g/mol. The van der Waals surface area contributed by atoms with Gasteiger partial charge in [0.05, 0.1) is 5.56 Å². The molecule has 0 unspecified atom stereocenters. The quantitative estimate of drug-likeness (QED) is 0.754. The fraction of sp³-hybridized carbons (Fsp3) is 0.176. The summed E-state index contributed by atoms with van der Waals surface area (Å²) in [5.74, 6) is -0.768. The number of aromatic hydroxyl groups is 1. The van der Waals surface area contributed by atoms with Crippen LogP contribution in [0.3, 0.4) is 0 Å². The summed E-state index contributed by atoms with van der Waals surface area (Å²) < 4.78 is 0.693. The van der Waals surface area contributed by atoms with Crippen LogP contribution in [-0.2, 0) is 4.79 Å². The lowest BCUT2D eigenvalue weighted by molar-refractivity contribution is -0.118. The maximum atomic E-state index is 12.2. The third kappa shape index (κ3) is 4.56. The third-order valence-corrected chi connectivity index (χ3v) is 3.61. The van der Waals surface area contributed by atoms with E-state index in [1.165, 1.54) is 12.1 Å². The van der Waals surface area contributed by atoms with Crippen molar-refractivity contribution >= 4 is 39.1 Å². The molecule has 0 heterocycles. The molecule has 2 rings (SSSR count). The monoisotopic (exact) mass is 376 g/mol. The molecule has 0 aromatic heterocycles. The first kappa shape index (κ1) is 17.0. The number of amides is 2. The molecule has 0 aliphatic heterocycles. The number of phenolic OH excluding ortho intramolecular Hbond substituents is 1. The summed E-state index contributed by atoms with van der Waals surface area (Å²) in [6.45, 7) is 3.61. The molecule has 2 aromatic carbocycles. The van der Waals surface area contributed by atoms with Gasteiger partial charge in [-0.2, -0.15) is 0 Å². The van der Waals surface area contributed by atoms with Crippen LogP contribution >= 0.6 is 15.9 Å². The van der Waals surface area contributed by atoms with Gasteiger partial charge in [0.2, 0.25) is 5.91 Å². The van der Waals surface area contributed by atoms with Crippen LogP contribution in [0.2, 0.25) is 0 Å². The summed E-state index contributed by atoms with van der Waals surface area (Å²) >= 11 is 3.26. The SMILES string of the molecule is CC(C)C(=O)Nc1cccc(NC(=O)c2cc(Br)ccc2O)c1. The van der Waals surface area contributed by atoms with Gasteiger partial charge in [-0.25, -0.2) is 0 Å². The van der Waals surface area contributed by atoms with Gasteiger partial charge >= 0.3 is 0 Å².